The molecule has 1 amide bonds. The van der Waals surface area contributed by atoms with Crippen LogP contribution in [0.1, 0.15) is 43.4 Å². The van der Waals surface area contributed by atoms with Crippen molar-refractivity contribution in [3.63, 3.8) is 0 Å². The van der Waals surface area contributed by atoms with Crippen molar-refractivity contribution in [2.45, 2.75) is 32.2 Å². The monoisotopic (exact) mass is 256 g/mol. The molecule has 3 nitrogen and oxygen atoms in total. The normalized spacial score (nSPS) is 12.7. The summed E-state index contributed by atoms with van der Waals surface area (Å²) in [6, 6.07) is 5.76. The van der Waals surface area contributed by atoms with E-state index < -0.39 is 12.3 Å². The van der Waals surface area contributed by atoms with Gasteiger partial charge in [0.05, 0.1) is 0 Å². The topological polar surface area (TPSA) is 55.1 Å². The molecule has 1 aromatic rings. The lowest BCUT2D eigenvalue weighted by atomic mass is 10.0. The number of hydrogen-bond donors (Lipinski definition) is 2. The molecule has 0 aliphatic carbocycles. The van der Waals surface area contributed by atoms with Crippen molar-refractivity contribution in [2.24, 2.45) is 5.73 Å². The summed E-state index contributed by atoms with van der Waals surface area (Å²) in [5.41, 5.74) is 5.96. The second-order valence-electron chi connectivity index (χ2n) is 4.14. The summed E-state index contributed by atoms with van der Waals surface area (Å²) in [5, 5.41) is 3.18. The molecule has 1 unspecified atom stereocenters. The van der Waals surface area contributed by atoms with Crippen LogP contribution in [-0.2, 0) is 4.79 Å². The van der Waals surface area contributed by atoms with E-state index in [1.54, 1.807) is 12.1 Å². The molecule has 0 heterocycles. The van der Waals surface area contributed by atoms with Gasteiger partial charge in [0.25, 0.3) is 6.43 Å². The van der Waals surface area contributed by atoms with E-state index in [-0.39, 0.29) is 18.0 Å². The van der Waals surface area contributed by atoms with Gasteiger partial charge in [0.15, 0.2) is 0 Å². The number of primary amides is 1. The Hall–Kier alpha value is -1.49. The van der Waals surface area contributed by atoms with Gasteiger partial charge in [-0.1, -0.05) is 31.2 Å². The summed E-state index contributed by atoms with van der Waals surface area (Å²) in [6.07, 6.45) is -1.39. The third-order valence-corrected chi connectivity index (χ3v) is 2.64. The smallest absolute Gasteiger partial charge is 0.263 e. The van der Waals surface area contributed by atoms with Gasteiger partial charge >= 0.3 is 0 Å². The molecule has 0 bridgehead atoms. The molecule has 1 rings (SSSR count). The zero-order chi connectivity index (χ0) is 13.5. The largest absolute Gasteiger partial charge is 0.370 e. The van der Waals surface area contributed by atoms with Crippen LogP contribution < -0.4 is 11.1 Å². The van der Waals surface area contributed by atoms with Crippen LogP contribution in [0.2, 0.25) is 0 Å². The third kappa shape index (κ3) is 4.41. The van der Waals surface area contributed by atoms with Crippen molar-refractivity contribution in [3.8, 4) is 0 Å². The number of alkyl halides is 2. The molecule has 18 heavy (non-hydrogen) atoms. The highest BCUT2D eigenvalue weighted by atomic mass is 19.3. The molecule has 5 heteroatoms. The molecule has 0 fully saturated rings. The Balaban J connectivity index is 2.80. The van der Waals surface area contributed by atoms with E-state index in [0.717, 1.165) is 18.5 Å². The molecule has 100 valence electrons. The molecule has 0 aliphatic heterocycles. The molecular weight excluding hydrogens is 238 g/mol. The summed E-state index contributed by atoms with van der Waals surface area (Å²) >= 11 is 0. The predicted octanol–water partition coefficient (Wildman–Crippen LogP) is 2.54. The average Bonchev–Trinajstić information content (AvgIpc) is 2.34. The Bertz CT molecular complexity index is 379. The van der Waals surface area contributed by atoms with Crippen LogP contribution in [0.4, 0.5) is 8.78 Å². The number of carbonyl (C=O) groups excluding carboxylic acids is 1. The molecule has 0 radical (unpaired) electrons. The van der Waals surface area contributed by atoms with Crippen LogP contribution in [0.25, 0.3) is 0 Å². The van der Waals surface area contributed by atoms with Crippen LogP contribution in [0.3, 0.4) is 0 Å². The van der Waals surface area contributed by atoms with Gasteiger partial charge in [-0.25, -0.2) is 8.78 Å². The molecule has 1 atom stereocenters. The van der Waals surface area contributed by atoms with E-state index in [9.17, 15) is 13.6 Å². The molecule has 0 aliphatic rings. The number of benzene rings is 1. The van der Waals surface area contributed by atoms with Crippen LogP contribution in [0.15, 0.2) is 24.3 Å². The SMILES string of the molecule is CCCNC(CC(N)=O)c1ccc(C(F)F)cc1. The van der Waals surface area contributed by atoms with Crippen molar-refractivity contribution < 1.29 is 13.6 Å². The van der Waals surface area contributed by atoms with E-state index in [1.165, 1.54) is 12.1 Å². The number of carbonyl (C=O) groups is 1. The summed E-state index contributed by atoms with van der Waals surface area (Å²) in [7, 11) is 0. The van der Waals surface area contributed by atoms with E-state index in [2.05, 4.69) is 5.32 Å². The van der Waals surface area contributed by atoms with E-state index in [0.29, 0.717) is 0 Å². The fourth-order valence-electron chi connectivity index (χ4n) is 1.70. The zero-order valence-corrected chi connectivity index (χ0v) is 10.3. The number of rotatable bonds is 7. The Kier molecular flexibility index (Phi) is 5.71. The van der Waals surface area contributed by atoms with E-state index >= 15 is 0 Å². The van der Waals surface area contributed by atoms with Crippen LogP contribution in [0.5, 0.6) is 0 Å². The number of halogens is 2. The van der Waals surface area contributed by atoms with Crippen LogP contribution >= 0.6 is 0 Å². The van der Waals surface area contributed by atoms with Gasteiger partial charge in [0.2, 0.25) is 5.91 Å². The predicted molar refractivity (Wildman–Crippen MR) is 66.2 cm³/mol. The highest BCUT2D eigenvalue weighted by Crippen LogP contribution is 2.22. The van der Waals surface area contributed by atoms with Gasteiger partial charge in [-0.05, 0) is 18.5 Å². The maximum Gasteiger partial charge on any atom is 0.263 e. The van der Waals surface area contributed by atoms with Gasteiger partial charge < -0.3 is 11.1 Å². The Labute approximate surface area is 105 Å². The highest BCUT2D eigenvalue weighted by molar-refractivity contribution is 5.74. The Morgan fingerprint density at radius 1 is 1.28 bits per heavy atom. The van der Waals surface area contributed by atoms with Crippen molar-refractivity contribution in [2.75, 3.05) is 6.54 Å². The summed E-state index contributed by atoms with van der Waals surface area (Å²) < 4.78 is 24.8. The quantitative estimate of drug-likeness (QED) is 0.787. The molecule has 3 N–H and O–H groups in total. The van der Waals surface area contributed by atoms with Crippen molar-refractivity contribution in [1.29, 1.82) is 0 Å². The molecule has 1 aromatic carbocycles. The lowest BCUT2D eigenvalue weighted by molar-refractivity contribution is -0.118. The molecular formula is C13H18F2N2O. The highest BCUT2D eigenvalue weighted by Gasteiger charge is 2.14. The minimum Gasteiger partial charge on any atom is -0.370 e. The molecule has 0 aromatic heterocycles. The fraction of sp³-hybridized carbons (Fsp3) is 0.462. The lowest BCUT2D eigenvalue weighted by Crippen LogP contribution is -2.27. The van der Waals surface area contributed by atoms with Gasteiger partial charge in [0, 0.05) is 18.0 Å². The average molecular weight is 256 g/mol. The Morgan fingerprint density at radius 3 is 2.28 bits per heavy atom. The number of amides is 1. The first-order valence-corrected chi connectivity index (χ1v) is 5.94. The number of hydrogen-bond acceptors (Lipinski definition) is 2. The van der Waals surface area contributed by atoms with E-state index in [1.807, 2.05) is 6.92 Å². The first kappa shape index (κ1) is 14.6. The van der Waals surface area contributed by atoms with Gasteiger partial charge in [0.1, 0.15) is 0 Å². The summed E-state index contributed by atoms with van der Waals surface area (Å²) in [4.78, 5) is 11.0. The van der Waals surface area contributed by atoms with Crippen molar-refractivity contribution in [3.05, 3.63) is 35.4 Å². The van der Waals surface area contributed by atoms with Crippen LogP contribution in [0, 0.1) is 0 Å². The van der Waals surface area contributed by atoms with Crippen molar-refractivity contribution in [1.82, 2.24) is 5.32 Å². The first-order valence-electron chi connectivity index (χ1n) is 5.94. The summed E-state index contributed by atoms with van der Waals surface area (Å²) in [6.45, 7) is 2.75. The van der Waals surface area contributed by atoms with Gasteiger partial charge in [-0.15, -0.1) is 0 Å². The van der Waals surface area contributed by atoms with Crippen LogP contribution in [-0.4, -0.2) is 12.5 Å². The van der Waals surface area contributed by atoms with Crippen molar-refractivity contribution >= 4 is 5.91 Å². The minimum atomic E-state index is -2.47. The van der Waals surface area contributed by atoms with Gasteiger partial charge in [-0.2, -0.15) is 0 Å². The Morgan fingerprint density at radius 2 is 1.83 bits per heavy atom. The lowest BCUT2D eigenvalue weighted by Gasteiger charge is -2.17. The zero-order valence-electron chi connectivity index (χ0n) is 10.3. The molecule has 0 saturated heterocycles. The second kappa shape index (κ2) is 7.06. The summed E-state index contributed by atoms with van der Waals surface area (Å²) in [5.74, 6) is -0.415. The number of nitrogens with one attached hydrogen (secondary N) is 1. The first-order chi connectivity index (χ1) is 8.54. The standard InChI is InChI=1S/C13H18F2N2O/c1-2-7-17-11(8-12(16)18)9-3-5-10(6-4-9)13(14)15/h3-6,11,13,17H,2,7-8H2,1H3,(H2,16,18). The second-order valence-corrected chi connectivity index (χ2v) is 4.14. The molecule has 0 saturated carbocycles. The fourth-order valence-corrected chi connectivity index (χ4v) is 1.70. The number of nitrogens with two attached hydrogens (primary N) is 1. The molecule has 0 spiro atoms. The maximum atomic E-state index is 12.4. The van der Waals surface area contributed by atoms with Gasteiger partial charge in [-0.3, -0.25) is 4.79 Å². The third-order valence-electron chi connectivity index (χ3n) is 2.64. The maximum absolute atomic E-state index is 12.4. The van der Waals surface area contributed by atoms with E-state index in [4.69, 9.17) is 5.73 Å². The minimum absolute atomic E-state index is 0.0212.